The van der Waals surface area contributed by atoms with Crippen molar-refractivity contribution < 1.29 is 23.8 Å². The zero-order chi connectivity index (χ0) is 22.0. The predicted octanol–water partition coefficient (Wildman–Crippen LogP) is 4.44. The Bertz CT molecular complexity index is 1340. The van der Waals surface area contributed by atoms with E-state index in [1.807, 2.05) is 24.3 Å². The number of rotatable bonds is 5. The van der Waals surface area contributed by atoms with Gasteiger partial charge in [0.2, 0.25) is 5.88 Å². The molecule has 0 aliphatic carbocycles. The molecule has 0 fully saturated rings. The van der Waals surface area contributed by atoms with Gasteiger partial charge in [0.25, 0.3) is 5.91 Å². The van der Waals surface area contributed by atoms with Crippen LogP contribution in [-0.2, 0) is 0 Å². The second kappa shape index (κ2) is 8.23. The summed E-state index contributed by atoms with van der Waals surface area (Å²) in [5, 5.41) is 12.4. The first-order valence-electron chi connectivity index (χ1n) is 9.39. The summed E-state index contributed by atoms with van der Waals surface area (Å²) >= 11 is 0. The number of hydrogen-bond acceptors (Lipinski definition) is 6. The number of aromatic hydroxyl groups is 1. The number of carbonyl (C=O) groups is 1. The Labute approximate surface area is 177 Å². The molecule has 0 unspecified atom stereocenters. The third-order valence-corrected chi connectivity index (χ3v) is 4.79. The number of methoxy groups -OCH3 is 2. The maximum absolute atomic E-state index is 12.8. The molecule has 0 radical (unpaired) electrons. The number of nitrogens with one attached hydrogen (secondary N) is 1. The van der Waals surface area contributed by atoms with E-state index in [9.17, 15) is 14.7 Å². The number of phenols is 1. The number of phenolic OH excluding ortho intramolecular Hbond substituents is 1. The van der Waals surface area contributed by atoms with Gasteiger partial charge in [0.15, 0.2) is 5.43 Å². The summed E-state index contributed by atoms with van der Waals surface area (Å²) in [5.74, 6) is 0.792. The number of anilines is 1. The van der Waals surface area contributed by atoms with Crippen molar-refractivity contribution in [3.05, 3.63) is 82.5 Å². The van der Waals surface area contributed by atoms with Gasteiger partial charge in [-0.1, -0.05) is 12.1 Å². The van der Waals surface area contributed by atoms with Gasteiger partial charge >= 0.3 is 0 Å². The van der Waals surface area contributed by atoms with Gasteiger partial charge in [-0.3, -0.25) is 14.9 Å². The van der Waals surface area contributed by atoms with Gasteiger partial charge in [-0.25, -0.2) is 0 Å². The average molecular weight is 417 g/mol. The molecule has 0 aliphatic rings. The highest BCUT2D eigenvalue weighted by atomic mass is 16.5. The summed E-state index contributed by atoms with van der Waals surface area (Å²) in [5.41, 5.74) is 1.77. The van der Waals surface area contributed by atoms with Gasteiger partial charge in [0.05, 0.1) is 19.6 Å². The standard InChI is InChI=1S/C24H19NO6/c1-29-17-5-3-4-14(10-17)18-11-15(6-8-21(18)30-2)24(28)25-23-13-20(27)19-12-16(26)7-9-22(19)31-23/h3-13,26H,1-2H3,(H,25,28). The minimum absolute atomic E-state index is 0.00642. The van der Waals surface area contributed by atoms with Gasteiger partial charge in [0.1, 0.15) is 22.8 Å². The molecular formula is C24H19NO6. The highest BCUT2D eigenvalue weighted by molar-refractivity contribution is 6.04. The number of carbonyl (C=O) groups excluding carboxylic acids is 1. The number of amides is 1. The maximum Gasteiger partial charge on any atom is 0.258 e. The second-order valence-corrected chi connectivity index (χ2v) is 6.76. The van der Waals surface area contributed by atoms with Crippen LogP contribution in [0.3, 0.4) is 0 Å². The van der Waals surface area contributed by atoms with Crippen LogP contribution in [0.4, 0.5) is 5.88 Å². The number of hydrogen-bond donors (Lipinski definition) is 2. The van der Waals surface area contributed by atoms with Crippen LogP contribution in [0.5, 0.6) is 17.2 Å². The minimum atomic E-state index is -0.451. The topological polar surface area (TPSA) is 98.0 Å². The van der Waals surface area contributed by atoms with Crippen molar-refractivity contribution in [2.24, 2.45) is 0 Å². The first-order chi connectivity index (χ1) is 15.0. The first kappa shape index (κ1) is 20.0. The normalized spacial score (nSPS) is 10.6. The molecule has 3 aromatic carbocycles. The largest absolute Gasteiger partial charge is 0.508 e. The summed E-state index contributed by atoms with van der Waals surface area (Å²) in [4.78, 5) is 25.1. The molecule has 0 atom stereocenters. The molecule has 4 aromatic rings. The lowest BCUT2D eigenvalue weighted by Gasteiger charge is -2.12. The van der Waals surface area contributed by atoms with Crippen LogP contribution < -0.4 is 20.2 Å². The summed E-state index contributed by atoms with van der Waals surface area (Å²) in [7, 11) is 3.14. The Morgan fingerprint density at radius 1 is 0.968 bits per heavy atom. The highest BCUT2D eigenvalue weighted by Gasteiger charge is 2.14. The number of ether oxygens (including phenoxy) is 2. The zero-order valence-corrected chi connectivity index (χ0v) is 16.8. The van der Waals surface area contributed by atoms with Crippen molar-refractivity contribution in [1.29, 1.82) is 0 Å². The van der Waals surface area contributed by atoms with Gasteiger partial charge in [-0.2, -0.15) is 0 Å². The third kappa shape index (κ3) is 4.06. The van der Waals surface area contributed by atoms with E-state index in [1.54, 1.807) is 32.4 Å². The molecule has 0 saturated heterocycles. The SMILES string of the molecule is COc1cccc(-c2cc(C(=O)Nc3cc(=O)c4cc(O)ccc4o3)ccc2OC)c1. The van der Waals surface area contributed by atoms with Gasteiger partial charge in [0, 0.05) is 17.2 Å². The van der Waals surface area contributed by atoms with Gasteiger partial charge in [-0.05, 0) is 54.1 Å². The van der Waals surface area contributed by atoms with Gasteiger partial charge < -0.3 is 19.0 Å². The Kier molecular flexibility index (Phi) is 5.32. The van der Waals surface area contributed by atoms with Crippen molar-refractivity contribution in [3.8, 4) is 28.4 Å². The molecule has 1 amide bonds. The third-order valence-electron chi connectivity index (χ3n) is 4.79. The zero-order valence-electron chi connectivity index (χ0n) is 16.8. The molecule has 0 aliphatic heterocycles. The van der Waals surface area contributed by atoms with E-state index >= 15 is 0 Å². The monoisotopic (exact) mass is 417 g/mol. The lowest BCUT2D eigenvalue weighted by molar-refractivity contribution is 0.102. The Balaban J connectivity index is 1.68. The molecule has 7 nitrogen and oxygen atoms in total. The van der Waals surface area contributed by atoms with Crippen LogP contribution in [0.1, 0.15) is 10.4 Å². The highest BCUT2D eigenvalue weighted by Crippen LogP contribution is 2.33. The van der Waals surface area contributed by atoms with E-state index in [-0.39, 0.29) is 28.0 Å². The molecule has 7 heteroatoms. The fourth-order valence-corrected chi connectivity index (χ4v) is 3.26. The van der Waals surface area contributed by atoms with Crippen molar-refractivity contribution in [2.75, 3.05) is 19.5 Å². The molecule has 156 valence electrons. The lowest BCUT2D eigenvalue weighted by Crippen LogP contribution is -2.14. The molecular weight excluding hydrogens is 398 g/mol. The smallest absolute Gasteiger partial charge is 0.258 e. The van der Waals surface area contributed by atoms with E-state index in [0.717, 1.165) is 5.56 Å². The van der Waals surface area contributed by atoms with Gasteiger partial charge in [-0.15, -0.1) is 0 Å². The molecule has 4 rings (SSSR count). The van der Waals surface area contributed by atoms with E-state index in [4.69, 9.17) is 13.9 Å². The van der Waals surface area contributed by atoms with Crippen LogP contribution in [0, 0.1) is 0 Å². The van der Waals surface area contributed by atoms with Crippen molar-refractivity contribution in [2.45, 2.75) is 0 Å². The summed E-state index contributed by atoms with van der Waals surface area (Å²) in [6.07, 6.45) is 0. The Morgan fingerprint density at radius 2 is 1.81 bits per heavy atom. The van der Waals surface area contributed by atoms with E-state index < -0.39 is 5.91 Å². The molecule has 1 aromatic heterocycles. The van der Waals surface area contributed by atoms with Crippen LogP contribution in [0.25, 0.3) is 22.1 Å². The van der Waals surface area contributed by atoms with E-state index in [1.165, 1.54) is 24.3 Å². The number of benzene rings is 3. The molecule has 1 heterocycles. The fraction of sp³-hybridized carbons (Fsp3) is 0.0833. The predicted molar refractivity (Wildman–Crippen MR) is 117 cm³/mol. The Hall–Kier alpha value is -4.26. The fourth-order valence-electron chi connectivity index (χ4n) is 3.26. The maximum atomic E-state index is 12.8. The number of fused-ring (bicyclic) bond motifs is 1. The first-order valence-corrected chi connectivity index (χ1v) is 9.39. The van der Waals surface area contributed by atoms with Crippen LogP contribution in [0.15, 0.2) is 75.9 Å². The van der Waals surface area contributed by atoms with E-state index in [2.05, 4.69) is 5.32 Å². The van der Waals surface area contributed by atoms with Crippen molar-refractivity contribution >= 4 is 22.8 Å². The van der Waals surface area contributed by atoms with Crippen LogP contribution in [0.2, 0.25) is 0 Å². The van der Waals surface area contributed by atoms with Crippen molar-refractivity contribution in [3.63, 3.8) is 0 Å². The Morgan fingerprint density at radius 3 is 2.58 bits per heavy atom. The minimum Gasteiger partial charge on any atom is -0.508 e. The summed E-state index contributed by atoms with van der Waals surface area (Å²) in [6, 6.07) is 17.8. The molecule has 0 bridgehead atoms. The quantitative estimate of drug-likeness (QED) is 0.498. The molecule has 0 spiro atoms. The van der Waals surface area contributed by atoms with E-state index in [0.29, 0.717) is 22.6 Å². The molecule has 2 N–H and O–H groups in total. The second-order valence-electron chi connectivity index (χ2n) is 6.76. The van der Waals surface area contributed by atoms with Crippen LogP contribution in [-0.4, -0.2) is 25.2 Å². The molecule has 0 saturated carbocycles. The summed E-state index contributed by atoms with van der Waals surface area (Å²) in [6.45, 7) is 0. The van der Waals surface area contributed by atoms with Crippen molar-refractivity contribution in [1.82, 2.24) is 0 Å². The van der Waals surface area contributed by atoms with Crippen LogP contribution >= 0.6 is 0 Å². The lowest BCUT2D eigenvalue weighted by atomic mass is 10.0. The summed E-state index contributed by atoms with van der Waals surface area (Å²) < 4.78 is 16.3. The molecule has 31 heavy (non-hydrogen) atoms. The average Bonchev–Trinajstić information content (AvgIpc) is 2.79.